The number of aliphatic carboxylic acids is 1. The Labute approximate surface area is 115 Å². The van der Waals surface area contributed by atoms with Crippen molar-refractivity contribution in [2.24, 2.45) is 0 Å². The van der Waals surface area contributed by atoms with Crippen LogP contribution in [-0.2, 0) is 9.59 Å². The van der Waals surface area contributed by atoms with E-state index in [1.165, 1.54) is 7.11 Å². The number of carbonyl (C=O) groups excluding carboxylic acids is 2. The maximum Gasteiger partial charge on any atom is 0.329 e. The van der Waals surface area contributed by atoms with Crippen LogP contribution in [0.5, 0.6) is 5.75 Å². The van der Waals surface area contributed by atoms with Gasteiger partial charge in [0.1, 0.15) is 11.8 Å². The molecule has 1 unspecified atom stereocenters. The number of hydrogen-bond donors (Lipinski definition) is 2. The van der Waals surface area contributed by atoms with Gasteiger partial charge in [0, 0.05) is 12.5 Å². The molecule has 1 aliphatic rings. The van der Waals surface area contributed by atoms with Crippen LogP contribution >= 0.6 is 0 Å². The highest BCUT2D eigenvalue weighted by Gasteiger charge is 2.39. The maximum atomic E-state index is 12.1. The van der Waals surface area contributed by atoms with Crippen molar-refractivity contribution in [1.82, 2.24) is 5.32 Å². The molecule has 1 aromatic carbocycles. The van der Waals surface area contributed by atoms with E-state index in [0.717, 1.165) is 4.90 Å². The van der Waals surface area contributed by atoms with Crippen molar-refractivity contribution in [2.45, 2.75) is 18.9 Å². The maximum absolute atomic E-state index is 12.1. The Morgan fingerprint density at radius 1 is 1.45 bits per heavy atom. The fraction of sp³-hybridized carbons (Fsp3) is 0.308. The first-order chi connectivity index (χ1) is 9.52. The van der Waals surface area contributed by atoms with E-state index in [-0.39, 0.29) is 12.8 Å². The van der Waals surface area contributed by atoms with Crippen LogP contribution in [0.2, 0.25) is 0 Å². The molecule has 0 aliphatic carbocycles. The number of urea groups is 1. The number of nitrogens with zero attached hydrogens (tertiary/aromatic N) is 1. The van der Waals surface area contributed by atoms with Gasteiger partial charge in [0.15, 0.2) is 0 Å². The molecular weight excluding hydrogens is 264 g/mol. The second kappa shape index (κ2) is 5.60. The van der Waals surface area contributed by atoms with Crippen molar-refractivity contribution in [3.05, 3.63) is 24.3 Å². The Morgan fingerprint density at radius 3 is 2.85 bits per heavy atom. The summed E-state index contributed by atoms with van der Waals surface area (Å²) in [5, 5.41) is 11.1. The summed E-state index contributed by atoms with van der Waals surface area (Å²) in [6.45, 7) is 0. The number of nitrogens with one attached hydrogen (secondary N) is 1. The summed E-state index contributed by atoms with van der Waals surface area (Å²) in [6.07, 6.45) is -0.108. The summed E-state index contributed by atoms with van der Waals surface area (Å²) in [5.41, 5.74) is 0.393. The van der Waals surface area contributed by atoms with Gasteiger partial charge in [-0.1, -0.05) is 6.07 Å². The Bertz CT molecular complexity index is 557. The number of hydrogen-bond acceptors (Lipinski definition) is 4. The second-order valence-electron chi connectivity index (χ2n) is 4.31. The van der Waals surface area contributed by atoms with Crippen LogP contribution in [0.1, 0.15) is 12.8 Å². The van der Waals surface area contributed by atoms with Crippen LogP contribution < -0.4 is 15.0 Å². The number of anilines is 1. The minimum absolute atomic E-state index is 0.0698. The number of carbonyl (C=O) groups is 3. The standard InChI is InChI=1S/C13H14N2O5/c1-20-9-4-2-3-8(7-9)15-12(18)10(14-13(15)19)5-6-11(16)17/h2-4,7,10H,5-6H2,1H3,(H,14,19)(H,16,17). The predicted octanol–water partition coefficient (Wildman–Crippen LogP) is 0.985. The van der Waals surface area contributed by atoms with Crippen LogP contribution in [0.15, 0.2) is 24.3 Å². The normalized spacial score (nSPS) is 18.1. The zero-order valence-corrected chi connectivity index (χ0v) is 10.8. The van der Waals surface area contributed by atoms with Crippen LogP contribution in [0.25, 0.3) is 0 Å². The average molecular weight is 278 g/mol. The predicted molar refractivity (Wildman–Crippen MR) is 69.7 cm³/mol. The van der Waals surface area contributed by atoms with E-state index in [1.54, 1.807) is 24.3 Å². The molecule has 3 amide bonds. The first kappa shape index (κ1) is 13.9. The minimum atomic E-state index is -1.01. The smallest absolute Gasteiger partial charge is 0.329 e. The zero-order valence-electron chi connectivity index (χ0n) is 10.8. The minimum Gasteiger partial charge on any atom is -0.497 e. The largest absolute Gasteiger partial charge is 0.497 e. The van der Waals surface area contributed by atoms with E-state index in [1.807, 2.05) is 0 Å². The third-order valence-corrected chi connectivity index (χ3v) is 2.98. The molecule has 106 valence electrons. The van der Waals surface area contributed by atoms with E-state index in [9.17, 15) is 14.4 Å². The molecular formula is C13H14N2O5. The Balaban J connectivity index is 2.17. The molecule has 20 heavy (non-hydrogen) atoms. The molecule has 2 N–H and O–H groups in total. The molecule has 1 aromatic rings. The highest BCUT2D eigenvalue weighted by Crippen LogP contribution is 2.25. The lowest BCUT2D eigenvalue weighted by Gasteiger charge is -2.13. The van der Waals surface area contributed by atoms with E-state index in [0.29, 0.717) is 11.4 Å². The molecule has 0 aromatic heterocycles. The third kappa shape index (κ3) is 2.71. The molecule has 1 heterocycles. The van der Waals surface area contributed by atoms with Crippen molar-refractivity contribution in [3.8, 4) is 5.75 Å². The van der Waals surface area contributed by atoms with Gasteiger partial charge in [-0.3, -0.25) is 9.59 Å². The summed E-state index contributed by atoms with van der Waals surface area (Å²) >= 11 is 0. The van der Waals surface area contributed by atoms with Crippen molar-refractivity contribution in [2.75, 3.05) is 12.0 Å². The number of imide groups is 1. The second-order valence-corrected chi connectivity index (χ2v) is 4.31. The number of benzene rings is 1. The van der Waals surface area contributed by atoms with Gasteiger partial charge in [0.05, 0.1) is 12.8 Å². The first-order valence-electron chi connectivity index (χ1n) is 6.03. The van der Waals surface area contributed by atoms with Crippen LogP contribution in [-0.4, -0.2) is 36.2 Å². The monoisotopic (exact) mass is 278 g/mol. The van der Waals surface area contributed by atoms with E-state index in [2.05, 4.69) is 5.32 Å². The summed E-state index contributed by atoms with van der Waals surface area (Å²) in [4.78, 5) is 35.5. The SMILES string of the molecule is COc1cccc(N2C(=O)NC(CCC(=O)O)C2=O)c1. The number of rotatable bonds is 5. The molecule has 1 fully saturated rings. The molecule has 0 saturated carbocycles. The van der Waals surface area contributed by atoms with Gasteiger partial charge in [-0.05, 0) is 18.6 Å². The summed E-state index contributed by atoms with van der Waals surface area (Å²) < 4.78 is 5.04. The number of carboxylic acid groups (broad SMARTS) is 1. The number of ether oxygens (including phenoxy) is 1. The fourth-order valence-corrected chi connectivity index (χ4v) is 1.99. The van der Waals surface area contributed by atoms with Gasteiger partial charge in [0.2, 0.25) is 0 Å². The topological polar surface area (TPSA) is 95.9 Å². The lowest BCUT2D eigenvalue weighted by molar-refractivity contribution is -0.137. The van der Waals surface area contributed by atoms with Crippen molar-refractivity contribution in [3.63, 3.8) is 0 Å². The van der Waals surface area contributed by atoms with Gasteiger partial charge in [-0.2, -0.15) is 0 Å². The molecule has 1 aliphatic heterocycles. The number of carboxylic acids is 1. The molecule has 7 nitrogen and oxygen atoms in total. The quantitative estimate of drug-likeness (QED) is 0.783. The van der Waals surface area contributed by atoms with Crippen LogP contribution in [0.3, 0.4) is 0 Å². The van der Waals surface area contributed by atoms with Gasteiger partial charge in [0.25, 0.3) is 5.91 Å². The van der Waals surface area contributed by atoms with E-state index in [4.69, 9.17) is 9.84 Å². The molecule has 0 radical (unpaired) electrons. The molecule has 1 saturated heterocycles. The van der Waals surface area contributed by atoms with Gasteiger partial charge in [-0.25, -0.2) is 9.69 Å². The summed E-state index contributed by atoms with van der Waals surface area (Å²) in [7, 11) is 1.49. The fourth-order valence-electron chi connectivity index (χ4n) is 1.99. The highest BCUT2D eigenvalue weighted by molar-refractivity contribution is 6.21. The molecule has 2 rings (SSSR count). The van der Waals surface area contributed by atoms with Crippen molar-refractivity contribution in [1.29, 1.82) is 0 Å². The molecule has 1 atom stereocenters. The average Bonchev–Trinajstić information content (AvgIpc) is 2.71. The highest BCUT2D eigenvalue weighted by atomic mass is 16.5. The van der Waals surface area contributed by atoms with Crippen molar-refractivity contribution < 1.29 is 24.2 Å². The third-order valence-electron chi connectivity index (χ3n) is 2.98. The lowest BCUT2D eigenvalue weighted by atomic mass is 10.1. The molecule has 0 bridgehead atoms. The lowest BCUT2D eigenvalue weighted by Crippen LogP contribution is -2.31. The first-order valence-corrected chi connectivity index (χ1v) is 6.03. The molecule has 7 heteroatoms. The van der Waals surface area contributed by atoms with Crippen LogP contribution in [0.4, 0.5) is 10.5 Å². The van der Waals surface area contributed by atoms with Crippen molar-refractivity contribution >= 4 is 23.6 Å². The molecule has 0 spiro atoms. The van der Waals surface area contributed by atoms with E-state index < -0.39 is 23.9 Å². The summed E-state index contributed by atoms with van der Waals surface area (Å²) in [5.74, 6) is -0.937. The summed E-state index contributed by atoms with van der Waals surface area (Å²) in [6, 6.07) is 5.18. The Morgan fingerprint density at radius 2 is 2.20 bits per heavy atom. The van der Waals surface area contributed by atoms with Gasteiger partial charge < -0.3 is 15.2 Å². The Kier molecular flexibility index (Phi) is 3.88. The van der Waals surface area contributed by atoms with Gasteiger partial charge in [-0.15, -0.1) is 0 Å². The van der Waals surface area contributed by atoms with Gasteiger partial charge >= 0.3 is 12.0 Å². The number of methoxy groups -OCH3 is 1. The zero-order chi connectivity index (χ0) is 14.7. The number of amides is 3. The Hall–Kier alpha value is -2.57. The van der Waals surface area contributed by atoms with Crippen LogP contribution in [0, 0.1) is 0 Å². The van der Waals surface area contributed by atoms with E-state index >= 15 is 0 Å².